The van der Waals surface area contributed by atoms with Crippen molar-refractivity contribution in [3.8, 4) is 0 Å². The number of aromatic nitrogens is 1. The van der Waals surface area contributed by atoms with Crippen molar-refractivity contribution in [2.75, 3.05) is 24.4 Å². The number of hydrogen-bond donors (Lipinski definition) is 2. The smallest absolute Gasteiger partial charge is 0.305 e. The lowest BCUT2D eigenvalue weighted by Crippen LogP contribution is -2.58. The number of anilines is 2. The third-order valence-corrected chi connectivity index (χ3v) is 3.98. The van der Waals surface area contributed by atoms with Crippen LogP contribution in [0.25, 0.3) is 0 Å². The Labute approximate surface area is 141 Å². The lowest BCUT2D eigenvalue weighted by Gasteiger charge is -2.40. The third-order valence-electron chi connectivity index (χ3n) is 3.98. The minimum absolute atomic E-state index is 0.221. The number of nitrogens with one attached hydrogen (secondary N) is 2. The van der Waals surface area contributed by atoms with E-state index in [9.17, 15) is 4.79 Å². The molecule has 0 bridgehead atoms. The molecule has 7 heteroatoms. The van der Waals surface area contributed by atoms with Crippen LogP contribution in [-0.2, 0) is 6.54 Å². The lowest BCUT2D eigenvalue weighted by atomic mass is 10.1. The van der Waals surface area contributed by atoms with Gasteiger partial charge in [0.25, 0.3) is 0 Å². The molecule has 1 aliphatic heterocycles. The van der Waals surface area contributed by atoms with Gasteiger partial charge in [0.1, 0.15) is 0 Å². The Balaban J connectivity index is 2.03. The van der Waals surface area contributed by atoms with Crippen molar-refractivity contribution in [3.05, 3.63) is 53.3 Å². The Kier molecular flexibility index (Phi) is 4.37. The first-order valence-electron chi connectivity index (χ1n) is 7.79. The van der Waals surface area contributed by atoms with Gasteiger partial charge in [-0.15, -0.1) is 10.7 Å². The van der Waals surface area contributed by atoms with Gasteiger partial charge in [-0.3, -0.25) is 9.99 Å². The molecule has 1 aliphatic rings. The summed E-state index contributed by atoms with van der Waals surface area (Å²) in [4.78, 5) is 16.7. The molecule has 1 aromatic carbocycles. The van der Waals surface area contributed by atoms with Crippen molar-refractivity contribution < 1.29 is 4.79 Å². The summed E-state index contributed by atoms with van der Waals surface area (Å²) >= 11 is 0. The number of para-hydroxylation sites is 1. The van der Waals surface area contributed by atoms with E-state index in [0.29, 0.717) is 6.54 Å². The van der Waals surface area contributed by atoms with Gasteiger partial charge in [-0.05, 0) is 37.1 Å². The zero-order valence-corrected chi connectivity index (χ0v) is 14.4. The Morgan fingerprint density at radius 3 is 2.62 bits per heavy atom. The molecule has 0 atom stereocenters. The van der Waals surface area contributed by atoms with Crippen molar-refractivity contribution >= 4 is 17.4 Å². The molecule has 1 aromatic heterocycles. The molecule has 3 rings (SSSR count). The normalized spacial score (nSPS) is 15.6. The maximum atomic E-state index is 12.2. The number of carbonyl (C=O) groups is 1. The highest BCUT2D eigenvalue weighted by molar-refractivity contribution is 5.93. The van der Waals surface area contributed by atoms with Crippen LogP contribution in [0.15, 0.2) is 36.5 Å². The molecule has 2 aromatic rings. The van der Waals surface area contributed by atoms with E-state index in [1.807, 2.05) is 57.4 Å². The van der Waals surface area contributed by atoms with E-state index in [1.54, 1.807) is 12.2 Å². The van der Waals surface area contributed by atoms with Crippen LogP contribution in [0.4, 0.5) is 16.2 Å². The molecular formula is C17H22N6O. The molecule has 0 saturated carbocycles. The van der Waals surface area contributed by atoms with Crippen molar-refractivity contribution in [1.29, 1.82) is 0 Å². The molecule has 2 N–H and O–H groups in total. The van der Waals surface area contributed by atoms with Gasteiger partial charge in [0.2, 0.25) is 0 Å². The average molecular weight is 326 g/mol. The summed E-state index contributed by atoms with van der Waals surface area (Å²) < 4.78 is 0. The van der Waals surface area contributed by atoms with Crippen LogP contribution < -0.4 is 15.9 Å². The number of aryl methyl sites for hydroxylation is 2. The fourth-order valence-corrected chi connectivity index (χ4v) is 2.70. The van der Waals surface area contributed by atoms with Gasteiger partial charge in [-0.25, -0.2) is 9.80 Å². The van der Waals surface area contributed by atoms with Crippen molar-refractivity contribution in [3.63, 3.8) is 0 Å². The number of benzene rings is 1. The molecule has 0 saturated heterocycles. The second-order valence-electron chi connectivity index (χ2n) is 5.97. The number of nitrogens with zero attached hydrogens (tertiary/aromatic N) is 4. The highest BCUT2D eigenvalue weighted by Gasteiger charge is 2.25. The molecule has 0 spiro atoms. The van der Waals surface area contributed by atoms with Crippen molar-refractivity contribution in [1.82, 2.24) is 20.6 Å². The first-order valence-corrected chi connectivity index (χ1v) is 7.79. The van der Waals surface area contributed by atoms with Crippen molar-refractivity contribution in [2.45, 2.75) is 20.4 Å². The molecule has 24 heavy (non-hydrogen) atoms. The molecule has 126 valence electrons. The molecule has 2 heterocycles. The summed E-state index contributed by atoms with van der Waals surface area (Å²) in [5.41, 5.74) is 7.88. The predicted molar refractivity (Wildman–Crippen MR) is 94.0 cm³/mol. The van der Waals surface area contributed by atoms with Gasteiger partial charge >= 0.3 is 6.03 Å². The fourth-order valence-electron chi connectivity index (χ4n) is 2.70. The number of fused-ring (bicyclic) bond motifs is 1. The summed E-state index contributed by atoms with van der Waals surface area (Å²) in [7, 11) is 3.55. The van der Waals surface area contributed by atoms with E-state index >= 15 is 0 Å². The van der Waals surface area contributed by atoms with Gasteiger partial charge in [-0.1, -0.05) is 18.2 Å². The zero-order chi connectivity index (χ0) is 17.3. The molecular weight excluding hydrogens is 304 g/mol. The Morgan fingerprint density at radius 2 is 1.92 bits per heavy atom. The average Bonchev–Trinajstić information content (AvgIpc) is 2.54. The van der Waals surface area contributed by atoms with Crippen LogP contribution >= 0.6 is 0 Å². The summed E-state index contributed by atoms with van der Waals surface area (Å²) in [5, 5.41) is 8.19. The van der Waals surface area contributed by atoms with Crippen LogP contribution in [0.1, 0.15) is 16.8 Å². The molecule has 2 amide bonds. The van der Waals surface area contributed by atoms with E-state index in [4.69, 9.17) is 0 Å². The summed E-state index contributed by atoms with van der Waals surface area (Å²) in [6, 6.07) is 9.71. The van der Waals surface area contributed by atoms with E-state index in [1.165, 1.54) is 5.01 Å². The number of carbonyl (C=O) groups excluding carboxylic acids is 1. The first-order chi connectivity index (χ1) is 11.5. The standard InChI is InChI=1S/C17H22N6O/c1-12-8-9-14(18-10-12)11-23-16-13(2)6-5-7-15(16)19-17(24)21(3)20-22(23)4/h5-10,20H,11H2,1-4H3,(H,19,24). The van der Waals surface area contributed by atoms with Crippen LogP contribution in [0.5, 0.6) is 0 Å². The zero-order valence-electron chi connectivity index (χ0n) is 14.4. The van der Waals surface area contributed by atoms with Gasteiger partial charge in [0.15, 0.2) is 0 Å². The summed E-state index contributed by atoms with van der Waals surface area (Å²) in [6.07, 6.45) is 1.86. The monoisotopic (exact) mass is 326 g/mol. The number of urea groups is 1. The number of pyridine rings is 1. The summed E-state index contributed by atoms with van der Waals surface area (Å²) in [6.45, 7) is 4.62. The minimum Gasteiger partial charge on any atom is -0.305 e. The number of rotatable bonds is 2. The lowest BCUT2D eigenvalue weighted by molar-refractivity contribution is 0.0782. The number of hydrogen-bond acceptors (Lipinski definition) is 5. The van der Waals surface area contributed by atoms with Crippen LogP contribution in [-0.4, -0.2) is 35.2 Å². The predicted octanol–water partition coefficient (Wildman–Crippen LogP) is 2.45. The van der Waals surface area contributed by atoms with E-state index in [0.717, 1.165) is 28.2 Å². The van der Waals surface area contributed by atoms with Gasteiger partial charge < -0.3 is 5.32 Å². The fraction of sp³-hybridized carbons (Fsp3) is 0.294. The van der Waals surface area contributed by atoms with Crippen LogP contribution in [0.2, 0.25) is 0 Å². The minimum atomic E-state index is -0.221. The molecule has 0 radical (unpaired) electrons. The maximum Gasteiger partial charge on any atom is 0.337 e. The molecule has 0 unspecified atom stereocenters. The second-order valence-corrected chi connectivity index (χ2v) is 5.97. The van der Waals surface area contributed by atoms with Gasteiger partial charge in [0, 0.05) is 20.3 Å². The molecule has 7 nitrogen and oxygen atoms in total. The highest BCUT2D eigenvalue weighted by Crippen LogP contribution is 2.32. The van der Waals surface area contributed by atoms with Crippen molar-refractivity contribution in [2.24, 2.45) is 0 Å². The number of hydrazine groups is 3. The Bertz CT molecular complexity index is 745. The third kappa shape index (κ3) is 3.17. The van der Waals surface area contributed by atoms with E-state index < -0.39 is 0 Å². The first kappa shape index (κ1) is 16.2. The Hall–Kier alpha value is -2.64. The van der Waals surface area contributed by atoms with Crippen LogP contribution in [0.3, 0.4) is 0 Å². The van der Waals surface area contributed by atoms with E-state index in [-0.39, 0.29) is 6.03 Å². The van der Waals surface area contributed by atoms with Gasteiger partial charge in [-0.2, -0.15) is 0 Å². The van der Waals surface area contributed by atoms with Gasteiger partial charge in [0.05, 0.1) is 23.6 Å². The van der Waals surface area contributed by atoms with Crippen LogP contribution in [0, 0.1) is 13.8 Å². The maximum absolute atomic E-state index is 12.2. The largest absolute Gasteiger partial charge is 0.337 e. The highest BCUT2D eigenvalue weighted by atomic mass is 16.2. The summed E-state index contributed by atoms with van der Waals surface area (Å²) in [5.74, 6) is 0. The second kappa shape index (κ2) is 6.46. The molecule has 0 aliphatic carbocycles. The number of amides is 2. The molecule has 0 fully saturated rings. The Morgan fingerprint density at radius 1 is 1.12 bits per heavy atom. The van der Waals surface area contributed by atoms with E-state index in [2.05, 4.69) is 20.8 Å². The SMILES string of the molecule is Cc1ccc(CN2c3c(C)cccc3NC(=O)N(C)NN2C)nc1. The topological polar surface area (TPSA) is 63.7 Å². The quantitative estimate of drug-likeness (QED) is 0.887.